The van der Waals surface area contributed by atoms with Crippen LogP contribution in [0.4, 0.5) is 17.1 Å². The quantitative estimate of drug-likeness (QED) is 0.439. The Hall–Kier alpha value is -3.71. The molecular formula is C26H25N3O3S. The van der Waals surface area contributed by atoms with Crippen molar-refractivity contribution >= 4 is 51.7 Å². The summed E-state index contributed by atoms with van der Waals surface area (Å²) in [6.45, 7) is 3.59. The third-order valence-electron chi connectivity index (χ3n) is 5.34. The summed E-state index contributed by atoms with van der Waals surface area (Å²) < 4.78 is 0. The molecule has 0 bridgehead atoms. The zero-order valence-corrected chi connectivity index (χ0v) is 19.4. The van der Waals surface area contributed by atoms with Crippen LogP contribution in [0.5, 0.6) is 0 Å². The van der Waals surface area contributed by atoms with Crippen molar-refractivity contribution in [1.29, 1.82) is 0 Å². The number of benzene rings is 2. The fourth-order valence-electron chi connectivity index (χ4n) is 3.71. The first kappa shape index (κ1) is 22.5. The summed E-state index contributed by atoms with van der Waals surface area (Å²) in [4.78, 5) is 40.1. The first-order valence-electron chi connectivity index (χ1n) is 10.9. The van der Waals surface area contributed by atoms with Gasteiger partial charge in [-0.15, -0.1) is 11.3 Å². The van der Waals surface area contributed by atoms with Gasteiger partial charge in [-0.2, -0.15) is 0 Å². The molecule has 0 atom stereocenters. The van der Waals surface area contributed by atoms with Gasteiger partial charge in [-0.05, 0) is 66.2 Å². The van der Waals surface area contributed by atoms with Crippen LogP contribution in [0.2, 0.25) is 0 Å². The van der Waals surface area contributed by atoms with Crippen molar-refractivity contribution < 1.29 is 14.4 Å². The second-order valence-electron chi connectivity index (χ2n) is 7.83. The largest absolute Gasteiger partial charge is 0.350 e. The molecule has 6 nitrogen and oxygen atoms in total. The second-order valence-corrected chi connectivity index (χ2v) is 8.77. The van der Waals surface area contributed by atoms with Crippen LogP contribution in [0.15, 0.2) is 71.7 Å². The Kier molecular flexibility index (Phi) is 6.70. The number of nitrogens with one attached hydrogen (secondary N) is 2. The van der Waals surface area contributed by atoms with Crippen LogP contribution >= 0.6 is 11.3 Å². The lowest BCUT2D eigenvalue weighted by Gasteiger charge is -2.16. The minimum Gasteiger partial charge on any atom is -0.350 e. The molecule has 0 radical (unpaired) electrons. The Morgan fingerprint density at radius 1 is 0.939 bits per heavy atom. The highest BCUT2D eigenvalue weighted by molar-refractivity contribution is 7.11. The predicted molar refractivity (Wildman–Crippen MR) is 133 cm³/mol. The molecule has 3 amide bonds. The maximum Gasteiger partial charge on any atom is 0.282 e. The van der Waals surface area contributed by atoms with Gasteiger partial charge in [0.15, 0.2) is 0 Å². The number of carbonyl (C=O) groups is 3. The van der Waals surface area contributed by atoms with Gasteiger partial charge in [0.25, 0.3) is 11.8 Å². The Morgan fingerprint density at radius 2 is 1.64 bits per heavy atom. The van der Waals surface area contributed by atoms with Crippen molar-refractivity contribution in [1.82, 2.24) is 0 Å². The molecular weight excluding hydrogens is 434 g/mol. The Bertz CT molecular complexity index is 1200. The summed E-state index contributed by atoms with van der Waals surface area (Å²) in [6, 6.07) is 18.3. The maximum absolute atomic E-state index is 13.4. The van der Waals surface area contributed by atoms with E-state index in [0.717, 1.165) is 24.1 Å². The molecule has 0 saturated carbocycles. The van der Waals surface area contributed by atoms with Crippen LogP contribution in [0, 0.1) is 0 Å². The molecule has 1 aromatic heterocycles. The topological polar surface area (TPSA) is 78.5 Å². The smallest absolute Gasteiger partial charge is 0.282 e. The number of amides is 3. The lowest BCUT2D eigenvalue weighted by Crippen LogP contribution is -2.32. The van der Waals surface area contributed by atoms with Crippen LogP contribution in [-0.4, -0.2) is 17.7 Å². The molecule has 0 saturated heterocycles. The number of unbranched alkanes of at least 4 members (excludes halogenated alkanes) is 1. The number of nitrogens with zero attached hydrogens (tertiary/aromatic N) is 1. The molecule has 33 heavy (non-hydrogen) atoms. The molecule has 7 heteroatoms. The molecule has 168 valence electrons. The summed E-state index contributed by atoms with van der Waals surface area (Å²) in [5.41, 5.74) is 3.63. The number of carbonyl (C=O) groups excluding carboxylic acids is 3. The molecule has 0 unspecified atom stereocenters. The zero-order valence-electron chi connectivity index (χ0n) is 18.6. The van der Waals surface area contributed by atoms with Crippen molar-refractivity contribution in [3.05, 3.63) is 82.2 Å². The molecule has 0 aliphatic carbocycles. The van der Waals surface area contributed by atoms with E-state index in [1.54, 1.807) is 24.3 Å². The van der Waals surface area contributed by atoms with E-state index in [-0.39, 0.29) is 17.5 Å². The maximum atomic E-state index is 13.4. The number of thiophene rings is 1. The third-order valence-corrected chi connectivity index (χ3v) is 6.23. The Morgan fingerprint density at radius 3 is 2.24 bits per heavy atom. The van der Waals surface area contributed by atoms with Crippen LogP contribution in [0.3, 0.4) is 0 Å². The number of rotatable bonds is 8. The average Bonchev–Trinajstić information content (AvgIpc) is 3.40. The van der Waals surface area contributed by atoms with Gasteiger partial charge in [0.1, 0.15) is 5.70 Å². The van der Waals surface area contributed by atoms with Crippen molar-refractivity contribution in [2.75, 3.05) is 15.5 Å². The predicted octanol–water partition coefficient (Wildman–Crippen LogP) is 5.45. The molecule has 4 rings (SSSR count). The highest BCUT2D eigenvalue weighted by Crippen LogP contribution is 2.35. The summed E-state index contributed by atoms with van der Waals surface area (Å²) in [6.07, 6.45) is 3.18. The number of anilines is 3. The summed E-state index contributed by atoms with van der Waals surface area (Å²) in [5, 5.41) is 7.73. The van der Waals surface area contributed by atoms with Crippen molar-refractivity contribution in [3.8, 4) is 0 Å². The first-order chi connectivity index (χ1) is 16.0. The second kappa shape index (κ2) is 9.83. The molecule has 2 aromatic carbocycles. The summed E-state index contributed by atoms with van der Waals surface area (Å²) in [7, 11) is 0. The standard InChI is InChI=1S/C26H25N3O3S/c1-3-4-6-18-8-14-21(15-9-18)29-25(31)23(22-7-5-16-33-22)24(26(29)32)28-20-12-10-19(11-13-20)27-17(2)30/h5,7-16,28H,3-4,6H2,1-2H3,(H,27,30). The SMILES string of the molecule is CCCCc1ccc(N2C(=O)C(Nc3ccc(NC(C)=O)cc3)=C(c3cccs3)C2=O)cc1. The van der Waals surface area contributed by atoms with Gasteiger partial charge >= 0.3 is 0 Å². The number of hydrogen-bond acceptors (Lipinski definition) is 5. The van der Waals surface area contributed by atoms with Crippen molar-refractivity contribution in [3.63, 3.8) is 0 Å². The lowest BCUT2D eigenvalue weighted by molar-refractivity contribution is -0.120. The number of aryl methyl sites for hydroxylation is 1. The van der Waals surface area contributed by atoms with Gasteiger partial charge in [0.2, 0.25) is 5.91 Å². The van der Waals surface area contributed by atoms with Crippen LogP contribution in [0.1, 0.15) is 37.1 Å². The van der Waals surface area contributed by atoms with Gasteiger partial charge in [-0.25, -0.2) is 4.90 Å². The van der Waals surface area contributed by atoms with E-state index in [9.17, 15) is 14.4 Å². The van der Waals surface area contributed by atoms with Crippen LogP contribution < -0.4 is 15.5 Å². The van der Waals surface area contributed by atoms with E-state index in [2.05, 4.69) is 17.6 Å². The van der Waals surface area contributed by atoms with Crippen molar-refractivity contribution in [2.24, 2.45) is 0 Å². The minimum atomic E-state index is -0.393. The van der Waals surface area contributed by atoms with Crippen LogP contribution in [0.25, 0.3) is 5.57 Å². The molecule has 0 fully saturated rings. The first-order valence-corrected chi connectivity index (χ1v) is 11.8. The van der Waals surface area contributed by atoms with E-state index < -0.39 is 5.91 Å². The van der Waals surface area contributed by atoms with E-state index in [1.165, 1.54) is 28.7 Å². The summed E-state index contributed by atoms with van der Waals surface area (Å²) in [5.74, 6) is -0.900. The minimum absolute atomic E-state index is 0.161. The Labute approximate surface area is 196 Å². The van der Waals surface area contributed by atoms with Crippen LogP contribution in [-0.2, 0) is 20.8 Å². The van der Waals surface area contributed by atoms with E-state index in [1.807, 2.05) is 41.8 Å². The molecule has 2 heterocycles. The molecule has 0 spiro atoms. The fourth-order valence-corrected chi connectivity index (χ4v) is 4.47. The number of imide groups is 1. The molecule has 3 aromatic rings. The van der Waals surface area contributed by atoms with E-state index in [4.69, 9.17) is 0 Å². The lowest BCUT2D eigenvalue weighted by atomic mass is 10.1. The van der Waals surface area contributed by atoms with Crippen molar-refractivity contribution in [2.45, 2.75) is 33.1 Å². The molecule has 2 N–H and O–H groups in total. The molecule has 1 aliphatic heterocycles. The monoisotopic (exact) mass is 459 g/mol. The van der Waals surface area contributed by atoms with Gasteiger partial charge in [0, 0.05) is 23.2 Å². The summed E-state index contributed by atoms with van der Waals surface area (Å²) >= 11 is 1.41. The highest BCUT2D eigenvalue weighted by Gasteiger charge is 2.40. The Balaban J connectivity index is 1.64. The van der Waals surface area contributed by atoms with E-state index in [0.29, 0.717) is 22.6 Å². The third kappa shape index (κ3) is 4.88. The zero-order chi connectivity index (χ0) is 23.4. The van der Waals surface area contributed by atoms with Gasteiger partial charge < -0.3 is 10.6 Å². The fraction of sp³-hybridized carbons (Fsp3) is 0.192. The molecule has 1 aliphatic rings. The van der Waals surface area contributed by atoms with E-state index >= 15 is 0 Å². The average molecular weight is 460 g/mol. The number of hydrogen-bond donors (Lipinski definition) is 2. The van der Waals surface area contributed by atoms with Gasteiger partial charge in [0.05, 0.1) is 11.3 Å². The van der Waals surface area contributed by atoms with Gasteiger partial charge in [-0.1, -0.05) is 31.5 Å². The normalized spacial score (nSPS) is 13.6. The van der Waals surface area contributed by atoms with Gasteiger partial charge in [-0.3, -0.25) is 14.4 Å². The highest BCUT2D eigenvalue weighted by atomic mass is 32.1.